The molecule has 2 rings (SSSR count). The van der Waals surface area contributed by atoms with E-state index in [2.05, 4.69) is 6.92 Å². The second kappa shape index (κ2) is 4.47. The zero-order valence-corrected chi connectivity index (χ0v) is 11.8. The molecule has 18 heavy (non-hydrogen) atoms. The Bertz CT molecular complexity index is 463. The van der Waals surface area contributed by atoms with Gasteiger partial charge in [-0.1, -0.05) is 6.92 Å². The minimum Gasteiger partial charge on any atom is -0.496 e. The molecule has 0 radical (unpaired) electrons. The highest BCUT2D eigenvalue weighted by Gasteiger charge is 2.53. The number of methoxy groups -OCH3 is 2. The van der Waals surface area contributed by atoms with E-state index in [1.807, 2.05) is 19.9 Å². The average molecular weight is 250 g/mol. The van der Waals surface area contributed by atoms with Crippen LogP contribution in [-0.2, 0) is 5.41 Å². The fraction of sp³-hybridized carbons (Fsp3) is 0.600. The fourth-order valence-electron chi connectivity index (χ4n) is 2.88. The Morgan fingerprint density at radius 2 is 1.89 bits per heavy atom. The molecule has 0 aliphatic heterocycles. The second-order valence-corrected chi connectivity index (χ2v) is 5.33. The van der Waals surface area contributed by atoms with Crippen molar-refractivity contribution in [2.24, 2.45) is 5.92 Å². The highest BCUT2D eigenvalue weighted by molar-refractivity contribution is 5.57. The van der Waals surface area contributed by atoms with Crippen molar-refractivity contribution < 1.29 is 14.6 Å². The van der Waals surface area contributed by atoms with Gasteiger partial charge in [-0.25, -0.2) is 0 Å². The van der Waals surface area contributed by atoms with E-state index in [9.17, 15) is 5.11 Å². The van der Waals surface area contributed by atoms with Gasteiger partial charge in [-0.3, -0.25) is 0 Å². The number of hydrogen-bond acceptors (Lipinski definition) is 3. The minimum atomic E-state index is -0.142. The van der Waals surface area contributed by atoms with E-state index in [-0.39, 0.29) is 12.0 Å². The maximum absolute atomic E-state index is 9.73. The van der Waals surface area contributed by atoms with Crippen LogP contribution in [0.2, 0.25) is 0 Å². The summed E-state index contributed by atoms with van der Waals surface area (Å²) in [5.41, 5.74) is 3.13. The van der Waals surface area contributed by atoms with Gasteiger partial charge >= 0.3 is 0 Å². The third-order valence-electron chi connectivity index (χ3n) is 4.49. The molecule has 2 atom stereocenters. The van der Waals surface area contributed by atoms with Gasteiger partial charge in [0.2, 0.25) is 0 Å². The zero-order chi connectivity index (χ0) is 13.5. The number of hydrogen-bond donors (Lipinski definition) is 1. The lowest BCUT2D eigenvalue weighted by Gasteiger charge is -2.22. The van der Waals surface area contributed by atoms with Gasteiger partial charge in [-0.15, -0.1) is 0 Å². The summed E-state index contributed by atoms with van der Waals surface area (Å²) >= 11 is 0. The SMILES string of the molecule is COc1cc(C2(CO)CC2C)c(OC)c(C)c1C. The van der Waals surface area contributed by atoms with E-state index in [0.29, 0.717) is 5.92 Å². The Balaban J connectivity index is 2.63. The maximum atomic E-state index is 9.73. The first-order valence-corrected chi connectivity index (χ1v) is 6.35. The molecule has 0 bridgehead atoms. The molecule has 1 aromatic carbocycles. The third kappa shape index (κ3) is 1.69. The predicted octanol–water partition coefficient (Wildman–Crippen LogP) is 2.59. The Morgan fingerprint density at radius 1 is 1.28 bits per heavy atom. The van der Waals surface area contributed by atoms with Gasteiger partial charge in [0.1, 0.15) is 11.5 Å². The number of aliphatic hydroxyl groups excluding tert-OH is 1. The van der Waals surface area contributed by atoms with Crippen molar-refractivity contribution in [3.8, 4) is 11.5 Å². The van der Waals surface area contributed by atoms with Crippen molar-refractivity contribution in [1.82, 2.24) is 0 Å². The Labute approximate surface area is 109 Å². The molecule has 1 aromatic rings. The van der Waals surface area contributed by atoms with Crippen molar-refractivity contribution in [2.75, 3.05) is 20.8 Å². The van der Waals surface area contributed by atoms with Crippen molar-refractivity contribution in [3.05, 3.63) is 22.8 Å². The second-order valence-electron chi connectivity index (χ2n) is 5.33. The number of aliphatic hydroxyl groups is 1. The first-order chi connectivity index (χ1) is 8.51. The maximum Gasteiger partial charge on any atom is 0.126 e. The van der Waals surface area contributed by atoms with Crippen LogP contribution in [0.1, 0.15) is 30.0 Å². The largest absolute Gasteiger partial charge is 0.496 e. The van der Waals surface area contributed by atoms with Crippen molar-refractivity contribution in [1.29, 1.82) is 0 Å². The van der Waals surface area contributed by atoms with Crippen LogP contribution in [0.4, 0.5) is 0 Å². The summed E-state index contributed by atoms with van der Waals surface area (Å²) in [6.07, 6.45) is 1.01. The summed E-state index contributed by atoms with van der Waals surface area (Å²) in [6, 6.07) is 2.03. The Hall–Kier alpha value is -1.22. The Morgan fingerprint density at radius 3 is 2.28 bits per heavy atom. The predicted molar refractivity (Wildman–Crippen MR) is 71.6 cm³/mol. The van der Waals surface area contributed by atoms with E-state index in [1.54, 1.807) is 14.2 Å². The van der Waals surface area contributed by atoms with Crippen LogP contribution in [0.15, 0.2) is 6.07 Å². The van der Waals surface area contributed by atoms with Crippen molar-refractivity contribution in [2.45, 2.75) is 32.6 Å². The topological polar surface area (TPSA) is 38.7 Å². The van der Waals surface area contributed by atoms with Gasteiger partial charge in [0, 0.05) is 11.0 Å². The van der Waals surface area contributed by atoms with Gasteiger partial charge in [0.15, 0.2) is 0 Å². The lowest BCUT2D eigenvalue weighted by Crippen LogP contribution is -2.17. The normalized spacial score (nSPS) is 26.0. The summed E-state index contributed by atoms with van der Waals surface area (Å²) in [4.78, 5) is 0. The highest BCUT2D eigenvalue weighted by Crippen LogP contribution is 2.57. The Kier molecular flexibility index (Phi) is 3.28. The molecule has 1 aliphatic carbocycles. The third-order valence-corrected chi connectivity index (χ3v) is 4.49. The molecule has 0 saturated heterocycles. The van der Waals surface area contributed by atoms with Crippen LogP contribution in [0.3, 0.4) is 0 Å². The molecule has 0 spiro atoms. The molecular formula is C15H22O3. The van der Waals surface area contributed by atoms with Gasteiger partial charge in [-0.05, 0) is 43.4 Å². The molecule has 100 valence electrons. The summed E-state index contributed by atoms with van der Waals surface area (Å²) in [6.45, 7) is 6.40. The molecule has 2 unspecified atom stereocenters. The summed E-state index contributed by atoms with van der Waals surface area (Å²) < 4.78 is 11.0. The monoisotopic (exact) mass is 250 g/mol. The molecule has 0 aromatic heterocycles. The average Bonchev–Trinajstić information content (AvgIpc) is 3.04. The zero-order valence-electron chi connectivity index (χ0n) is 11.8. The van der Waals surface area contributed by atoms with Crippen LogP contribution in [0.5, 0.6) is 11.5 Å². The minimum absolute atomic E-state index is 0.142. The van der Waals surface area contributed by atoms with Crippen LogP contribution < -0.4 is 9.47 Å². The van der Waals surface area contributed by atoms with Crippen LogP contribution in [0, 0.1) is 19.8 Å². The molecule has 0 amide bonds. The molecular weight excluding hydrogens is 228 g/mol. The lowest BCUT2D eigenvalue weighted by molar-refractivity contribution is 0.243. The van der Waals surface area contributed by atoms with Gasteiger partial charge < -0.3 is 14.6 Å². The molecule has 1 aliphatic rings. The van der Waals surface area contributed by atoms with Crippen molar-refractivity contribution >= 4 is 0 Å². The molecule has 1 saturated carbocycles. The first kappa shape index (κ1) is 13.2. The standard InChI is InChI=1S/C15H22O3/c1-9-7-15(9,8-16)12-6-13(17-4)10(2)11(3)14(12)18-5/h6,9,16H,7-8H2,1-5H3. The van der Waals surface area contributed by atoms with E-state index in [1.165, 1.54) is 0 Å². The van der Waals surface area contributed by atoms with E-state index >= 15 is 0 Å². The van der Waals surface area contributed by atoms with E-state index < -0.39 is 0 Å². The number of rotatable bonds is 4. The quantitative estimate of drug-likeness (QED) is 0.892. The van der Waals surface area contributed by atoms with E-state index in [0.717, 1.165) is 34.6 Å². The lowest BCUT2D eigenvalue weighted by atomic mass is 9.89. The van der Waals surface area contributed by atoms with Gasteiger partial charge in [0.25, 0.3) is 0 Å². The number of benzene rings is 1. The molecule has 1 N–H and O–H groups in total. The summed E-state index contributed by atoms with van der Waals surface area (Å²) in [7, 11) is 3.37. The van der Waals surface area contributed by atoms with Crippen LogP contribution in [-0.4, -0.2) is 25.9 Å². The smallest absolute Gasteiger partial charge is 0.126 e. The van der Waals surface area contributed by atoms with Crippen molar-refractivity contribution in [3.63, 3.8) is 0 Å². The molecule has 3 heteroatoms. The molecule has 1 fully saturated rings. The summed E-state index contributed by atoms with van der Waals surface area (Å²) in [5, 5.41) is 9.73. The molecule has 0 heterocycles. The van der Waals surface area contributed by atoms with Gasteiger partial charge in [-0.2, -0.15) is 0 Å². The van der Waals surface area contributed by atoms with Gasteiger partial charge in [0.05, 0.1) is 20.8 Å². The van der Waals surface area contributed by atoms with Crippen LogP contribution in [0.25, 0.3) is 0 Å². The summed E-state index contributed by atoms with van der Waals surface area (Å²) in [5.74, 6) is 2.25. The highest BCUT2D eigenvalue weighted by atomic mass is 16.5. The number of ether oxygens (including phenoxy) is 2. The first-order valence-electron chi connectivity index (χ1n) is 6.35. The molecule has 3 nitrogen and oxygen atoms in total. The fourth-order valence-corrected chi connectivity index (χ4v) is 2.88. The van der Waals surface area contributed by atoms with E-state index in [4.69, 9.17) is 9.47 Å². The van der Waals surface area contributed by atoms with Crippen LogP contribution >= 0.6 is 0 Å².